The molecule has 1 aliphatic heterocycles. The number of rotatable bonds is 2. The van der Waals surface area contributed by atoms with Crippen molar-refractivity contribution in [3.63, 3.8) is 0 Å². The number of carbonyl (C=O) groups is 1. The molecule has 0 aromatic heterocycles. The third-order valence-electron chi connectivity index (χ3n) is 3.95. The van der Waals surface area contributed by atoms with Gasteiger partial charge in [0.1, 0.15) is 0 Å². The van der Waals surface area contributed by atoms with Crippen LogP contribution in [-0.4, -0.2) is 48.2 Å². The molecule has 4 nitrogen and oxygen atoms in total. The van der Waals surface area contributed by atoms with Crippen molar-refractivity contribution in [1.29, 1.82) is 0 Å². The van der Waals surface area contributed by atoms with Crippen LogP contribution in [0.2, 0.25) is 0 Å². The molecule has 3 unspecified atom stereocenters. The number of hydrogen-bond donors (Lipinski definition) is 2. The number of amides is 1. The van der Waals surface area contributed by atoms with E-state index in [0.29, 0.717) is 0 Å². The molecule has 1 aliphatic carbocycles. The molecule has 2 aliphatic rings. The van der Waals surface area contributed by atoms with E-state index in [1.54, 1.807) is 4.90 Å². The second-order valence-electron chi connectivity index (χ2n) is 5.06. The molecule has 0 spiro atoms. The van der Waals surface area contributed by atoms with Gasteiger partial charge in [-0.2, -0.15) is 0 Å². The third kappa shape index (κ3) is 2.38. The largest absolute Gasteiger partial charge is 0.391 e. The minimum absolute atomic E-state index is 0.0434. The van der Waals surface area contributed by atoms with Crippen LogP contribution in [0.3, 0.4) is 0 Å². The molecule has 0 aromatic carbocycles. The summed E-state index contributed by atoms with van der Waals surface area (Å²) in [5.74, 6) is 0.329. The van der Waals surface area contributed by atoms with Gasteiger partial charge in [0.2, 0.25) is 5.91 Å². The Morgan fingerprint density at radius 2 is 2.06 bits per heavy atom. The Bertz CT molecular complexity index is 251. The van der Waals surface area contributed by atoms with E-state index in [4.69, 9.17) is 0 Å². The third-order valence-corrected chi connectivity index (χ3v) is 3.95. The molecule has 0 bridgehead atoms. The van der Waals surface area contributed by atoms with Gasteiger partial charge in [0.25, 0.3) is 0 Å². The van der Waals surface area contributed by atoms with Gasteiger partial charge >= 0.3 is 0 Å². The summed E-state index contributed by atoms with van der Waals surface area (Å²) in [6.45, 7) is 1.74. The first-order valence-electron chi connectivity index (χ1n) is 6.35. The normalized spacial score (nSPS) is 35.0. The second-order valence-corrected chi connectivity index (χ2v) is 5.06. The zero-order valence-electron chi connectivity index (χ0n) is 9.98. The fourth-order valence-electron chi connectivity index (χ4n) is 2.86. The molecular weight excluding hydrogens is 204 g/mol. The molecule has 2 N–H and O–H groups in total. The number of aliphatic hydroxyl groups excluding tert-OH is 1. The highest BCUT2D eigenvalue weighted by Gasteiger charge is 2.33. The van der Waals surface area contributed by atoms with Crippen molar-refractivity contribution in [1.82, 2.24) is 10.2 Å². The van der Waals surface area contributed by atoms with Crippen molar-refractivity contribution in [3.05, 3.63) is 0 Å². The van der Waals surface area contributed by atoms with Crippen LogP contribution in [0.5, 0.6) is 0 Å². The first kappa shape index (κ1) is 11.9. The Morgan fingerprint density at radius 1 is 1.31 bits per heavy atom. The maximum atomic E-state index is 12.2. The molecule has 4 heteroatoms. The van der Waals surface area contributed by atoms with Crippen molar-refractivity contribution >= 4 is 5.91 Å². The molecular formula is C12H22N2O2. The van der Waals surface area contributed by atoms with Gasteiger partial charge in [0, 0.05) is 13.6 Å². The summed E-state index contributed by atoms with van der Waals surface area (Å²) in [6.07, 6.45) is 4.62. The van der Waals surface area contributed by atoms with Gasteiger partial charge in [0.15, 0.2) is 0 Å². The van der Waals surface area contributed by atoms with Crippen LogP contribution in [0, 0.1) is 5.92 Å². The lowest BCUT2D eigenvalue weighted by Gasteiger charge is -2.36. The SMILES string of the molecule is CN(C(=O)C1CCNC1)C1CCCCC1O. The Labute approximate surface area is 97.0 Å². The summed E-state index contributed by atoms with van der Waals surface area (Å²) >= 11 is 0. The summed E-state index contributed by atoms with van der Waals surface area (Å²) in [5.41, 5.74) is 0. The monoisotopic (exact) mass is 226 g/mol. The fourth-order valence-corrected chi connectivity index (χ4v) is 2.86. The zero-order chi connectivity index (χ0) is 11.5. The first-order chi connectivity index (χ1) is 7.70. The van der Waals surface area contributed by atoms with Crippen LogP contribution in [0.4, 0.5) is 0 Å². The number of likely N-dealkylation sites (N-methyl/N-ethyl adjacent to an activating group) is 1. The number of hydrogen-bond acceptors (Lipinski definition) is 3. The van der Waals surface area contributed by atoms with Crippen molar-refractivity contribution < 1.29 is 9.90 Å². The van der Waals surface area contributed by atoms with Gasteiger partial charge < -0.3 is 15.3 Å². The van der Waals surface area contributed by atoms with E-state index in [1.165, 1.54) is 0 Å². The van der Waals surface area contributed by atoms with Crippen molar-refractivity contribution in [2.24, 2.45) is 5.92 Å². The molecule has 1 heterocycles. The van der Waals surface area contributed by atoms with Crippen LogP contribution in [0.1, 0.15) is 32.1 Å². The topological polar surface area (TPSA) is 52.6 Å². The maximum Gasteiger partial charge on any atom is 0.227 e. The summed E-state index contributed by atoms with van der Waals surface area (Å²) < 4.78 is 0. The smallest absolute Gasteiger partial charge is 0.227 e. The molecule has 16 heavy (non-hydrogen) atoms. The van der Waals surface area contributed by atoms with Crippen LogP contribution in [0.25, 0.3) is 0 Å². The van der Waals surface area contributed by atoms with Gasteiger partial charge in [-0.25, -0.2) is 0 Å². The lowest BCUT2D eigenvalue weighted by Crippen LogP contribution is -2.48. The molecule has 1 saturated heterocycles. The molecule has 1 saturated carbocycles. The van der Waals surface area contributed by atoms with Gasteiger partial charge in [-0.15, -0.1) is 0 Å². The predicted molar refractivity (Wildman–Crippen MR) is 62.0 cm³/mol. The Balaban J connectivity index is 1.94. The molecule has 92 valence electrons. The number of nitrogens with zero attached hydrogens (tertiary/aromatic N) is 1. The fraction of sp³-hybridized carbons (Fsp3) is 0.917. The predicted octanol–water partition coefficient (Wildman–Crippen LogP) is 0.358. The molecule has 2 rings (SSSR count). The molecule has 0 radical (unpaired) electrons. The molecule has 2 fully saturated rings. The van der Waals surface area contributed by atoms with Gasteiger partial charge in [-0.05, 0) is 25.8 Å². The minimum Gasteiger partial charge on any atom is -0.391 e. The maximum absolute atomic E-state index is 12.2. The molecule has 3 atom stereocenters. The number of nitrogens with one attached hydrogen (secondary N) is 1. The van der Waals surface area contributed by atoms with Crippen molar-refractivity contribution in [3.8, 4) is 0 Å². The van der Waals surface area contributed by atoms with Crippen LogP contribution < -0.4 is 5.32 Å². The summed E-state index contributed by atoms with van der Waals surface area (Å²) in [7, 11) is 1.85. The van der Waals surface area contributed by atoms with Gasteiger partial charge in [-0.1, -0.05) is 12.8 Å². The standard InChI is InChI=1S/C12H22N2O2/c1-14(10-4-2-3-5-11(10)15)12(16)9-6-7-13-8-9/h9-11,13,15H,2-8H2,1H3. The summed E-state index contributed by atoms with van der Waals surface area (Å²) in [4.78, 5) is 14.0. The highest BCUT2D eigenvalue weighted by Crippen LogP contribution is 2.24. The average Bonchev–Trinajstić information content (AvgIpc) is 2.81. The molecule has 0 aromatic rings. The second kappa shape index (κ2) is 5.15. The quantitative estimate of drug-likeness (QED) is 0.715. The average molecular weight is 226 g/mol. The highest BCUT2D eigenvalue weighted by molar-refractivity contribution is 5.79. The lowest BCUT2D eigenvalue weighted by atomic mass is 9.91. The number of carbonyl (C=O) groups excluding carboxylic acids is 1. The lowest BCUT2D eigenvalue weighted by molar-refractivity contribution is -0.139. The van der Waals surface area contributed by atoms with Crippen molar-refractivity contribution in [2.45, 2.75) is 44.2 Å². The number of aliphatic hydroxyl groups is 1. The van der Waals surface area contributed by atoms with Crippen LogP contribution >= 0.6 is 0 Å². The summed E-state index contributed by atoms with van der Waals surface area (Å²) in [6, 6.07) is 0.0434. The van der Waals surface area contributed by atoms with E-state index in [1.807, 2.05) is 7.05 Å². The van der Waals surface area contributed by atoms with E-state index in [2.05, 4.69) is 5.32 Å². The highest BCUT2D eigenvalue weighted by atomic mass is 16.3. The van der Waals surface area contributed by atoms with Crippen LogP contribution in [0.15, 0.2) is 0 Å². The zero-order valence-corrected chi connectivity index (χ0v) is 9.98. The van der Waals surface area contributed by atoms with E-state index < -0.39 is 0 Å². The Morgan fingerprint density at radius 3 is 2.69 bits per heavy atom. The van der Waals surface area contributed by atoms with E-state index >= 15 is 0 Å². The van der Waals surface area contributed by atoms with Gasteiger partial charge in [0.05, 0.1) is 18.1 Å². The Hall–Kier alpha value is -0.610. The van der Waals surface area contributed by atoms with E-state index in [-0.39, 0.29) is 24.0 Å². The van der Waals surface area contributed by atoms with Crippen LogP contribution in [-0.2, 0) is 4.79 Å². The summed E-state index contributed by atoms with van der Waals surface area (Å²) in [5, 5.41) is 13.1. The van der Waals surface area contributed by atoms with E-state index in [9.17, 15) is 9.90 Å². The van der Waals surface area contributed by atoms with Gasteiger partial charge in [-0.3, -0.25) is 4.79 Å². The Kier molecular flexibility index (Phi) is 3.82. The minimum atomic E-state index is -0.322. The first-order valence-corrected chi connectivity index (χ1v) is 6.35. The van der Waals surface area contributed by atoms with E-state index in [0.717, 1.165) is 45.2 Å². The van der Waals surface area contributed by atoms with Crippen molar-refractivity contribution in [2.75, 3.05) is 20.1 Å². The molecule has 1 amide bonds.